The summed E-state index contributed by atoms with van der Waals surface area (Å²) in [5.41, 5.74) is 3.52. The number of nitrogens with one attached hydrogen (secondary N) is 1. The first kappa shape index (κ1) is 20.5. The minimum absolute atomic E-state index is 0.110. The molecule has 0 radical (unpaired) electrons. The number of carbonyl (C=O) groups excluding carboxylic acids is 1. The van der Waals surface area contributed by atoms with E-state index >= 15 is 0 Å². The Morgan fingerprint density at radius 2 is 2.23 bits per heavy atom. The lowest BCUT2D eigenvalue weighted by molar-refractivity contribution is 0.0954. The first-order valence-electron chi connectivity index (χ1n) is 7.12. The highest BCUT2D eigenvalue weighted by molar-refractivity contribution is 14.1. The summed E-state index contributed by atoms with van der Waals surface area (Å²) in [6, 6.07) is 10.3. The Morgan fingerprint density at radius 3 is 2.88 bits per heavy atom. The van der Waals surface area contributed by atoms with Gasteiger partial charge in [-0.05, 0) is 74.4 Å². The molecule has 0 aliphatic rings. The van der Waals surface area contributed by atoms with Crippen molar-refractivity contribution in [1.29, 1.82) is 5.26 Å². The maximum Gasteiger partial charge on any atom is 0.271 e. The minimum Gasteiger partial charge on any atom is -0.496 e. The van der Waals surface area contributed by atoms with Gasteiger partial charge < -0.3 is 9.47 Å². The Balaban J connectivity index is 2.08. The van der Waals surface area contributed by atoms with Gasteiger partial charge >= 0.3 is 0 Å². The van der Waals surface area contributed by atoms with Crippen LogP contribution in [0, 0.1) is 14.9 Å². The quantitative estimate of drug-likeness (QED) is 0.330. The Hall–Kier alpha value is -1.83. The molecule has 6 nitrogen and oxygen atoms in total. The van der Waals surface area contributed by atoms with Gasteiger partial charge in [-0.25, -0.2) is 5.43 Å². The number of nitriles is 1. The zero-order valence-electron chi connectivity index (χ0n) is 13.4. The van der Waals surface area contributed by atoms with Gasteiger partial charge in [0.15, 0.2) is 12.4 Å². The Labute approximate surface area is 177 Å². The average Bonchev–Trinajstić information content (AvgIpc) is 2.61. The van der Waals surface area contributed by atoms with E-state index < -0.39 is 0 Å². The molecule has 0 saturated carbocycles. The lowest BCUT2D eigenvalue weighted by atomic mass is 10.2. The van der Waals surface area contributed by atoms with Crippen LogP contribution in [0.3, 0.4) is 0 Å². The number of ether oxygens (including phenoxy) is 2. The third-order valence-electron chi connectivity index (χ3n) is 3.09. The summed E-state index contributed by atoms with van der Waals surface area (Å²) in [7, 11) is 1.54. The number of carbonyl (C=O) groups is 1. The second-order valence-electron chi connectivity index (χ2n) is 4.81. The second kappa shape index (κ2) is 9.75. The number of hydrogen-bond acceptors (Lipinski definition) is 5. The van der Waals surface area contributed by atoms with Crippen LogP contribution in [-0.4, -0.2) is 25.8 Å². The van der Waals surface area contributed by atoms with Crippen LogP contribution in [0.15, 0.2) is 39.9 Å². The van der Waals surface area contributed by atoms with Crippen LogP contribution in [0.5, 0.6) is 11.5 Å². The number of hydrogen-bond donors (Lipinski definition) is 1. The number of benzene rings is 2. The summed E-state index contributed by atoms with van der Waals surface area (Å²) < 4.78 is 11.9. The lowest BCUT2D eigenvalue weighted by Crippen LogP contribution is -2.17. The third kappa shape index (κ3) is 5.33. The zero-order valence-corrected chi connectivity index (χ0v) is 17.9. The predicted octanol–water partition coefficient (Wildman–Crippen LogP) is 4.38. The summed E-state index contributed by atoms with van der Waals surface area (Å²) in [6.07, 6.45) is 1.45. The summed E-state index contributed by atoms with van der Waals surface area (Å²) in [5, 5.41) is 12.8. The first-order valence-corrected chi connectivity index (χ1v) is 9.37. The molecule has 0 atom stereocenters. The molecule has 0 bridgehead atoms. The molecule has 0 unspecified atom stereocenters. The molecule has 0 aliphatic heterocycles. The van der Waals surface area contributed by atoms with E-state index in [-0.39, 0.29) is 12.5 Å². The van der Waals surface area contributed by atoms with Gasteiger partial charge in [0, 0.05) is 5.56 Å². The average molecular weight is 549 g/mol. The number of halogens is 3. The molecule has 2 aromatic rings. The van der Waals surface area contributed by atoms with E-state index in [0.717, 1.165) is 3.57 Å². The van der Waals surface area contributed by atoms with Crippen LogP contribution in [0.4, 0.5) is 0 Å². The van der Waals surface area contributed by atoms with E-state index in [1.54, 1.807) is 37.4 Å². The van der Waals surface area contributed by atoms with Gasteiger partial charge in [0.1, 0.15) is 11.8 Å². The summed E-state index contributed by atoms with van der Waals surface area (Å²) in [5.74, 6) is 0.626. The van der Waals surface area contributed by atoms with Gasteiger partial charge in [0.2, 0.25) is 0 Å². The van der Waals surface area contributed by atoms with E-state index in [2.05, 4.69) is 49.0 Å². The third-order valence-corrected chi connectivity index (χ3v) is 4.86. The fraction of sp³-hybridized carbons (Fsp3) is 0.118. The smallest absolute Gasteiger partial charge is 0.271 e. The maximum absolute atomic E-state index is 12.2. The summed E-state index contributed by atoms with van der Waals surface area (Å²) in [4.78, 5) is 12.2. The van der Waals surface area contributed by atoms with Crippen molar-refractivity contribution in [2.75, 3.05) is 13.7 Å². The van der Waals surface area contributed by atoms with Crippen molar-refractivity contribution in [3.8, 4) is 17.6 Å². The molecule has 0 fully saturated rings. The van der Waals surface area contributed by atoms with Gasteiger partial charge in [-0.15, -0.1) is 0 Å². The Bertz CT molecular complexity index is 876. The highest BCUT2D eigenvalue weighted by Gasteiger charge is 2.10. The highest BCUT2D eigenvalue weighted by Crippen LogP contribution is 2.34. The van der Waals surface area contributed by atoms with E-state index in [1.807, 2.05) is 6.07 Å². The molecule has 1 N–H and O–H groups in total. The molecule has 1 amide bonds. The van der Waals surface area contributed by atoms with Gasteiger partial charge in [-0.1, -0.05) is 11.6 Å². The van der Waals surface area contributed by atoms with Crippen LogP contribution in [0.1, 0.15) is 15.9 Å². The van der Waals surface area contributed by atoms with E-state index in [0.29, 0.717) is 32.1 Å². The molecule has 0 aliphatic carbocycles. The van der Waals surface area contributed by atoms with Crippen LogP contribution >= 0.6 is 50.1 Å². The highest BCUT2D eigenvalue weighted by atomic mass is 127. The largest absolute Gasteiger partial charge is 0.496 e. The zero-order chi connectivity index (χ0) is 19.1. The number of methoxy groups -OCH3 is 1. The summed E-state index contributed by atoms with van der Waals surface area (Å²) in [6.45, 7) is -0.110. The van der Waals surface area contributed by atoms with Crippen molar-refractivity contribution in [1.82, 2.24) is 5.43 Å². The van der Waals surface area contributed by atoms with Gasteiger partial charge in [0.05, 0.1) is 26.4 Å². The fourth-order valence-electron chi connectivity index (χ4n) is 1.93. The number of amides is 1. The van der Waals surface area contributed by atoms with E-state index in [9.17, 15) is 4.79 Å². The molecule has 0 heterocycles. The first-order chi connectivity index (χ1) is 12.5. The number of hydrazone groups is 1. The van der Waals surface area contributed by atoms with Crippen LogP contribution in [0.25, 0.3) is 0 Å². The molecule has 26 heavy (non-hydrogen) atoms. The van der Waals surface area contributed by atoms with Crippen LogP contribution in [-0.2, 0) is 0 Å². The number of nitrogens with zero attached hydrogens (tertiary/aromatic N) is 2. The normalized spacial score (nSPS) is 10.4. The monoisotopic (exact) mass is 547 g/mol. The van der Waals surface area contributed by atoms with Gasteiger partial charge in [-0.2, -0.15) is 10.4 Å². The van der Waals surface area contributed by atoms with Gasteiger partial charge in [0.25, 0.3) is 5.91 Å². The van der Waals surface area contributed by atoms with Crippen molar-refractivity contribution in [2.45, 2.75) is 0 Å². The topological polar surface area (TPSA) is 83.7 Å². The molecule has 0 aromatic heterocycles. The van der Waals surface area contributed by atoms with Crippen molar-refractivity contribution in [3.05, 3.63) is 54.5 Å². The molecule has 134 valence electrons. The van der Waals surface area contributed by atoms with E-state index in [1.165, 1.54) is 6.21 Å². The van der Waals surface area contributed by atoms with Crippen molar-refractivity contribution in [3.63, 3.8) is 0 Å². The maximum atomic E-state index is 12.2. The molecule has 0 saturated heterocycles. The minimum atomic E-state index is -0.366. The Morgan fingerprint density at radius 1 is 1.46 bits per heavy atom. The predicted molar refractivity (Wildman–Crippen MR) is 111 cm³/mol. The number of rotatable bonds is 6. The Kier molecular flexibility index (Phi) is 7.68. The molecular formula is C17H12BrClIN3O3. The molecular weight excluding hydrogens is 536 g/mol. The molecule has 2 rings (SSSR count). The second-order valence-corrected chi connectivity index (χ2v) is 7.23. The molecule has 9 heteroatoms. The fourth-order valence-corrected chi connectivity index (χ4v) is 3.47. The molecule has 0 spiro atoms. The standard InChI is InChI=1S/C17H12BrClIN3O3/c1-25-15-8-11(2-3-14(15)20)17(24)23-22-9-10-6-12(18)16(13(19)7-10)26-5-4-21/h2-3,6-9H,5H2,1H3,(H,23,24)/b22-9-. The van der Waals surface area contributed by atoms with Crippen molar-refractivity contribution < 1.29 is 14.3 Å². The van der Waals surface area contributed by atoms with Gasteiger partial charge in [-0.3, -0.25) is 4.79 Å². The van der Waals surface area contributed by atoms with Crippen LogP contribution in [0.2, 0.25) is 5.02 Å². The SMILES string of the molecule is COc1cc(C(=O)N/N=C\c2cc(Cl)c(OCC#N)c(Br)c2)ccc1I. The van der Waals surface area contributed by atoms with E-state index in [4.69, 9.17) is 26.3 Å². The van der Waals surface area contributed by atoms with Crippen molar-refractivity contribution >= 4 is 62.2 Å². The lowest BCUT2D eigenvalue weighted by Gasteiger charge is -2.08. The molecule has 2 aromatic carbocycles. The van der Waals surface area contributed by atoms with Crippen LogP contribution < -0.4 is 14.9 Å². The summed E-state index contributed by atoms with van der Waals surface area (Å²) >= 11 is 11.6. The van der Waals surface area contributed by atoms with Crippen molar-refractivity contribution in [2.24, 2.45) is 5.10 Å².